The zero-order valence-electron chi connectivity index (χ0n) is 35.1. The molecule has 1 aliphatic heterocycles. The smallest absolute Gasteiger partial charge is 0.165 e. The van der Waals surface area contributed by atoms with Gasteiger partial charge < -0.3 is 4.57 Å². The van der Waals surface area contributed by atoms with Crippen LogP contribution in [-0.4, -0.2) is 19.5 Å². The highest BCUT2D eigenvalue weighted by atomic mass is 32.2. The van der Waals surface area contributed by atoms with E-state index in [4.69, 9.17) is 15.0 Å². The SMILES string of the molecule is CC1(C)c2ccccc2C2Sc3c(-c4nc(-c5ccc6ccccc6c5)nc(-c5ccc6c(c5)sc5c(-n7c8ccccc8c8cc9ccccc9cc87)cccc56)n4)cccc3C21. The van der Waals surface area contributed by atoms with Gasteiger partial charge in [-0.3, -0.25) is 0 Å². The van der Waals surface area contributed by atoms with Crippen LogP contribution in [0.2, 0.25) is 0 Å². The Balaban J connectivity index is 0.948. The first-order valence-electron chi connectivity index (χ1n) is 22.0. The zero-order chi connectivity index (χ0) is 42.3. The van der Waals surface area contributed by atoms with Crippen molar-refractivity contribution in [2.75, 3.05) is 0 Å². The highest BCUT2D eigenvalue weighted by molar-refractivity contribution is 8.00. The second kappa shape index (κ2) is 13.4. The fraction of sp³-hybridized carbons (Fsp3) is 0.0862. The van der Waals surface area contributed by atoms with Gasteiger partial charge in [-0.05, 0) is 80.0 Å². The number of nitrogens with zero attached hydrogens (tertiary/aromatic N) is 4. The summed E-state index contributed by atoms with van der Waals surface area (Å²) < 4.78 is 4.92. The van der Waals surface area contributed by atoms with Crippen LogP contribution in [0.25, 0.3) is 103 Å². The molecule has 0 fully saturated rings. The first-order valence-corrected chi connectivity index (χ1v) is 23.7. The molecule has 2 unspecified atom stereocenters. The van der Waals surface area contributed by atoms with Crippen molar-refractivity contribution in [1.82, 2.24) is 19.5 Å². The van der Waals surface area contributed by atoms with Crippen molar-refractivity contribution in [1.29, 1.82) is 0 Å². The summed E-state index contributed by atoms with van der Waals surface area (Å²) in [5.74, 6) is 2.43. The fourth-order valence-corrected chi connectivity index (χ4v) is 14.1. The van der Waals surface area contributed by atoms with Crippen LogP contribution >= 0.6 is 23.1 Å². The summed E-state index contributed by atoms with van der Waals surface area (Å²) in [4.78, 5) is 17.3. The van der Waals surface area contributed by atoms with Crippen molar-refractivity contribution >= 4 is 86.6 Å². The number of fused-ring (bicyclic) bond motifs is 13. The number of benzene rings is 9. The van der Waals surface area contributed by atoms with Gasteiger partial charge in [-0.25, -0.2) is 15.0 Å². The molecule has 0 bridgehead atoms. The molecule has 2 aliphatic rings. The highest BCUT2D eigenvalue weighted by Gasteiger charge is 2.52. The molecule has 12 aromatic rings. The molecule has 2 atom stereocenters. The molecule has 14 rings (SSSR count). The Morgan fingerprint density at radius 3 is 2.00 bits per heavy atom. The number of thioether (sulfide) groups is 1. The topological polar surface area (TPSA) is 43.6 Å². The quantitative estimate of drug-likeness (QED) is 0.177. The standard InChI is InChI=1S/C58H38N4S2/c1-58(2)46-22-9-7-18-42(46)54-51(58)43-20-11-21-44(52(43)64-54)57-60-55(37-26-25-33-13-3-4-14-34(33)29-37)59-56(61-57)38-27-28-40-41-19-12-24-48(53(41)63-50(40)32-38)62-47-23-10-8-17-39(47)45-30-35-15-5-6-16-36(35)31-49(45)62/h3-32,51,54H,1-2H3. The predicted molar refractivity (Wildman–Crippen MR) is 269 cm³/mol. The lowest BCUT2D eigenvalue weighted by Crippen LogP contribution is -2.21. The maximum atomic E-state index is 5.39. The zero-order valence-corrected chi connectivity index (χ0v) is 36.7. The van der Waals surface area contributed by atoms with Crippen molar-refractivity contribution in [3.63, 3.8) is 0 Å². The van der Waals surface area contributed by atoms with Crippen LogP contribution in [0.1, 0.15) is 41.7 Å². The lowest BCUT2D eigenvalue weighted by Gasteiger charge is -2.28. The molecule has 0 spiro atoms. The Morgan fingerprint density at radius 1 is 0.484 bits per heavy atom. The predicted octanol–water partition coefficient (Wildman–Crippen LogP) is 15.9. The monoisotopic (exact) mass is 854 g/mol. The molecule has 0 N–H and O–H groups in total. The van der Waals surface area contributed by atoms with Gasteiger partial charge in [-0.1, -0.05) is 159 Å². The number of hydrogen-bond acceptors (Lipinski definition) is 5. The minimum Gasteiger partial charge on any atom is -0.308 e. The maximum Gasteiger partial charge on any atom is 0.165 e. The summed E-state index contributed by atoms with van der Waals surface area (Å²) in [5, 5.41) is 10.2. The Kier molecular flexibility index (Phi) is 7.64. The summed E-state index contributed by atoms with van der Waals surface area (Å²) in [6, 6.07) is 66.5. The van der Waals surface area contributed by atoms with Crippen LogP contribution in [0.3, 0.4) is 0 Å². The number of rotatable bonds is 4. The van der Waals surface area contributed by atoms with Gasteiger partial charge in [0.15, 0.2) is 17.5 Å². The average molecular weight is 855 g/mol. The molecule has 0 saturated carbocycles. The van der Waals surface area contributed by atoms with Crippen LogP contribution < -0.4 is 0 Å². The third-order valence-electron chi connectivity index (χ3n) is 14.1. The molecule has 9 aromatic carbocycles. The second-order valence-corrected chi connectivity index (χ2v) is 20.2. The summed E-state index contributed by atoms with van der Waals surface area (Å²) >= 11 is 3.83. The fourth-order valence-electron chi connectivity index (χ4n) is 11.1. The third-order valence-corrected chi connectivity index (χ3v) is 16.7. The molecule has 0 radical (unpaired) electrons. The van der Waals surface area contributed by atoms with Crippen molar-refractivity contribution in [3.8, 4) is 39.9 Å². The molecular formula is C58H38N4S2. The average Bonchev–Trinajstić information content (AvgIpc) is 4.07. The third kappa shape index (κ3) is 5.21. The van der Waals surface area contributed by atoms with E-state index < -0.39 is 0 Å². The maximum absolute atomic E-state index is 5.39. The summed E-state index contributed by atoms with van der Waals surface area (Å²) in [6.07, 6.45) is 0. The Labute approximate surface area is 377 Å². The van der Waals surface area contributed by atoms with Gasteiger partial charge in [0.2, 0.25) is 0 Å². The molecule has 0 saturated heterocycles. The van der Waals surface area contributed by atoms with Crippen LogP contribution in [0, 0.1) is 0 Å². The van der Waals surface area contributed by atoms with E-state index in [9.17, 15) is 0 Å². The number of hydrogen-bond donors (Lipinski definition) is 0. The largest absolute Gasteiger partial charge is 0.308 e. The van der Waals surface area contributed by atoms with Crippen LogP contribution in [-0.2, 0) is 5.41 Å². The van der Waals surface area contributed by atoms with Gasteiger partial charge in [0.1, 0.15) is 0 Å². The number of thiophene rings is 1. The van der Waals surface area contributed by atoms with E-state index in [0.29, 0.717) is 28.6 Å². The Morgan fingerprint density at radius 2 is 1.14 bits per heavy atom. The summed E-state index contributed by atoms with van der Waals surface area (Å²) in [6.45, 7) is 4.82. The van der Waals surface area contributed by atoms with E-state index in [1.165, 1.54) is 85.4 Å². The Bertz CT molecular complexity index is 3950. The summed E-state index contributed by atoms with van der Waals surface area (Å²) in [7, 11) is 0. The molecular weight excluding hydrogens is 817 g/mol. The van der Waals surface area contributed by atoms with Crippen LogP contribution in [0.4, 0.5) is 0 Å². The molecule has 3 aromatic heterocycles. The van der Waals surface area contributed by atoms with Gasteiger partial charge in [0, 0.05) is 59.0 Å². The Hall–Kier alpha value is -7.12. The second-order valence-electron chi connectivity index (χ2n) is 18.0. The van der Waals surface area contributed by atoms with Gasteiger partial charge >= 0.3 is 0 Å². The minimum absolute atomic E-state index is 0.00804. The molecule has 0 amide bonds. The van der Waals surface area contributed by atoms with Crippen LogP contribution in [0.5, 0.6) is 0 Å². The van der Waals surface area contributed by atoms with Crippen LogP contribution in [0.15, 0.2) is 187 Å². The molecule has 1 aliphatic carbocycles. The number of para-hydroxylation sites is 1. The lowest BCUT2D eigenvalue weighted by molar-refractivity contribution is 0.446. The van der Waals surface area contributed by atoms with E-state index in [-0.39, 0.29) is 5.41 Å². The van der Waals surface area contributed by atoms with E-state index in [2.05, 4.69) is 200 Å². The van der Waals surface area contributed by atoms with Gasteiger partial charge in [-0.2, -0.15) is 0 Å². The lowest BCUT2D eigenvalue weighted by atomic mass is 9.75. The summed E-state index contributed by atoms with van der Waals surface area (Å²) in [5.41, 5.74) is 10.9. The highest BCUT2D eigenvalue weighted by Crippen LogP contribution is 2.67. The van der Waals surface area contributed by atoms with E-state index >= 15 is 0 Å². The first-order chi connectivity index (χ1) is 31.5. The van der Waals surface area contributed by atoms with Crippen molar-refractivity contribution in [3.05, 3.63) is 199 Å². The van der Waals surface area contributed by atoms with Crippen molar-refractivity contribution < 1.29 is 0 Å². The van der Waals surface area contributed by atoms with Gasteiger partial charge in [-0.15, -0.1) is 23.1 Å². The van der Waals surface area contributed by atoms with Gasteiger partial charge in [0.25, 0.3) is 0 Å². The van der Waals surface area contributed by atoms with E-state index in [1.807, 2.05) is 23.1 Å². The minimum atomic E-state index is 0.00804. The molecule has 4 nitrogen and oxygen atoms in total. The molecule has 6 heteroatoms. The number of aromatic nitrogens is 4. The normalized spacial score (nSPS) is 16.3. The first kappa shape index (κ1) is 36.4. The van der Waals surface area contributed by atoms with Crippen molar-refractivity contribution in [2.24, 2.45) is 0 Å². The van der Waals surface area contributed by atoms with E-state index in [1.54, 1.807) is 0 Å². The van der Waals surface area contributed by atoms with Gasteiger partial charge in [0.05, 0.1) is 21.4 Å². The molecule has 302 valence electrons. The molecule has 64 heavy (non-hydrogen) atoms. The molecule has 4 heterocycles. The van der Waals surface area contributed by atoms with E-state index in [0.717, 1.165) is 22.1 Å². The van der Waals surface area contributed by atoms with Crippen molar-refractivity contribution in [2.45, 2.75) is 35.3 Å².